The third kappa shape index (κ3) is 5.39. The zero-order valence-electron chi connectivity index (χ0n) is 17.9. The summed E-state index contributed by atoms with van der Waals surface area (Å²) in [7, 11) is 0. The van der Waals surface area contributed by atoms with Gasteiger partial charge >= 0.3 is 0 Å². The molecule has 0 bridgehead atoms. The Morgan fingerprint density at radius 3 is 2.74 bits per heavy atom. The number of piperazine rings is 1. The Labute approximate surface area is 202 Å². The molecule has 2 heterocycles. The zero-order chi connectivity index (χ0) is 24.2. The molecule has 1 aliphatic rings. The van der Waals surface area contributed by atoms with E-state index in [4.69, 9.17) is 11.6 Å². The van der Waals surface area contributed by atoms with Crippen molar-refractivity contribution in [1.82, 2.24) is 20.0 Å². The molecule has 8 nitrogen and oxygen atoms in total. The number of rotatable bonds is 8. The number of ketones is 1. The van der Waals surface area contributed by atoms with Crippen molar-refractivity contribution in [2.45, 2.75) is 12.8 Å². The first-order chi connectivity index (χ1) is 16.3. The minimum absolute atomic E-state index is 0.0907. The monoisotopic (exact) mass is 508 g/mol. The average Bonchev–Trinajstić information content (AvgIpc) is 2.84. The Hall–Kier alpha value is -2.57. The summed E-state index contributed by atoms with van der Waals surface area (Å²) in [5.74, 6) is -2.65. The van der Waals surface area contributed by atoms with E-state index in [0.717, 1.165) is 32.2 Å². The number of hydrogen-bond acceptors (Lipinski definition) is 7. The van der Waals surface area contributed by atoms with E-state index >= 15 is 0 Å². The van der Waals surface area contributed by atoms with Crippen LogP contribution in [0.3, 0.4) is 0 Å². The van der Waals surface area contributed by atoms with Crippen LogP contribution in [0.15, 0.2) is 30.5 Å². The Kier molecular flexibility index (Phi) is 7.79. The number of hydrogen-bond donors (Lipinski definition) is 2. The smallest absolute Gasteiger partial charge is 0.197 e. The second kappa shape index (κ2) is 10.8. The Balaban J connectivity index is 1.64. The molecule has 0 spiro atoms. The van der Waals surface area contributed by atoms with Crippen molar-refractivity contribution >= 4 is 45.5 Å². The summed E-state index contributed by atoms with van der Waals surface area (Å²) in [5, 5.41) is 3.06. The number of fused-ring (bicyclic) bond motifs is 1. The number of nitrogens with zero attached hydrogens (tertiary/aromatic N) is 3. The molecule has 0 amide bonds. The summed E-state index contributed by atoms with van der Waals surface area (Å²) < 4.78 is 52.3. The van der Waals surface area contributed by atoms with Crippen LogP contribution in [0.4, 0.5) is 14.6 Å². The molecule has 1 unspecified atom stereocenters. The van der Waals surface area contributed by atoms with Crippen LogP contribution in [0.25, 0.3) is 11.0 Å². The van der Waals surface area contributed by atoms with Gasteiger partial charge in [0.1, 0.15) is 5.82 Å². The number of nitrogens with one attached hydrogen (secondary N) is 2. The van der Waals surface area contributed by atoms with E-state index < -0.39 is 34.2 Å². The van der Waals surface area contributed by atoms with Gasteiger partial charge < -0.3 is 14.8 Å². The number of anilines is 1. The number of halogens is 3. The number of benzene rings is 2. The summed E-state index contributed by atoms with van der Waals surface area (Å²) >= 11 is 3.88. The van der Waals surface area contributed by atoms with Gasteiger partial charge in [-0.3, -0.25) is 14.0 Å². The van der Waals surface area contributed by atoms with E-state index in [1.165, 1.54) is 12.1 Å². The molecular weight excluding hydrogens is 488 g/mol. The fourth-order valence-electron chi connectivity index (χ4n) is 3.81. The molecule has 1 saturated heterocycles. The molecule has 2 N–H and O–H groups in total. The molecule has 3 aromatic rings. The highest BCUT2D eigenvalue weighted by Gasteiger charge is 2.24. The lowest BCUT2D eigenvalue weighted by atomic mass is 9.98. The molecule has 34 heavy (non-hydrogen) atoms. The highest BCUT2D eigenvalue weighted by atomic mass is 35.5. The first kappa shape index (κ1) is 24.6. The van der Waals surface area contributed by atoms with Gasteiger partial charge in [-0.2, -0.15) is 0 Å². The SMILES string of the molecule is O=C(c1ccc2ncc(N3CCNCC3)nc2c1)c1c(F)c(F)cc(CCCNS(=O)[O-])c1Cl. The van der Waals surface area contributed by atoms with E-state index in [9.17, 15) is 22.3 Å². The summed E-state index contributed by atoms with van der Waals surface area (Å²) in [6.45, 7) is 3.27. The van der Waals surface area contributed by atoms with Crippen molar-refractivity contribution in [3.63, 3.8) is 0 Å². The predicted molar refractivity (Wildman–Crippen MR) is 125 cm³/mol. The van der Waals surface area contributed by atoms with Crippen molar-refractivity contribution in [3.05, 3.63) is 63.8 Å². The predicted octanol–water partition coefficient (Wildman–Crippen LogP) is 2.52. The topological polar surface area (TPSA) is 110 Å². The maximum absolute atomic E-state index is 14.7. The summed E-state index contributed by atoms with van der Waals surface area (Å²) in [6.07, 6.45) is 2.10. The van der Waals surface area contributed by atoms with E-state index in [-0.39, 0.29) is 35.5 Å². The maximum Gasteiger partial charge on any atom is 0.197 e. The Morgan fingerprint density at radius 1 is 1.24 bits per heavy atom. The van der Waals surface area contributed by atoms with E-state index in [2.05, 4.69) is 24.9 Å². The Morgan fingerprint density at radius 2 is 2.00 bits per heavy atom. The molecule has 1 aliphatic heterocycles. The summed E-state index contributed by atoms with van der Waals surface area (Å²) in [6, 6.07) is 5.48. The van der Waals surface area contributed by atoms with Gasteiger partial charge in [-0.1, -0.05) is 11.6 Å². The normalized spacial score (nSPS) is 15.0. The van der Waals surface area contributed by atoms with Gasteiger partial charge in [0.2, 0.25) is 0 Å². The van der Waals surface area contributed by atoms with Crippen LogP contribution in [-0.4, -0.2) is 57.2 Å². The fourth-order valence-corrected chi connectivity index (χ4v) is 4.43. The lowest BCUT2D eigenvalue weighted by molar-refractivity contribution is 0.103. The van der Waals surface area contributed by atoms with Crippen molar-refractivity contribution in [2.24, 2.45) is 0 Å². The van der Waals surface area contributed by atoms with Gasteiger partial charge in [0, 0.05) is 49.6 Å². The number of aromatic nitrogens is 2. The van der Waals surface area contributed by atoms with Crippen molar-refractivity contribution in [2.75, 3.05) is 37.6 Å². The molecule has 180 valence electrons. The highest BCUT2D eigenvalue weighted by Crippen LogP contribution is 2.30. The fraction of sp³-hybridized carbons (Fsp3) is 0.318. The molecule has 12 heteroatoms. The van der Waals surface area contributed by atoms with Crippen LogP contribution in [0.5, 0.6) is 0 Å². The second-order valence-corrected chi connectivity index (χ2v) is 8.89. The lowest BCUT2D eigenvalue weighted by Crippen LogP contribution is -2.43. The van der Waals surface area contributed by atoms with Crippen LogP contribution >= 0.6 is 11.6 Å². The van der Waals surface area contributed by atoms with Gasteiger partial charge in [-0.25, -0.2) is 18.5 Å². The van der Waals surface area contributed by atoms with Gasteiger partial charge in [-0.05, 0) is 42.7 Å². The van der Waals surface area contributed by atoms with Gasteiger partial charge in [0.25, 0.3) is 0 Å². The number of carbonyl (C=O) groups is 1. The van der Waals surface area contributed by atoms with Gasteiger partial charge in [-0.15, -0.1) is 0 Å². The van der Waals surface area contributed by atoms with Crippen molar-refractivity contribution in [1.29, 1.82) is 0 Å². The highest BCUT2D eigenvalue weighted by molar-refractivity contribution is 7.77. The molecule has 0 saturated carbocycles. The minimum Gasteiger partial charge on any atom is -0.760 e. The molecule has 4 rings (SSSR count). The van der Waals surface area contributed by atoms with Crippen LogP contribution in [0.2, 0.25) is 5.02 Å². The van der Waals surface area contributed by atoms with Crippen LogP contribution in [0, 0.1) is 11.6 Å². The van der Waals surface area contributed by atoms with Gasteiger partial charge in [0.05, 0.1) is 27.8 Å². The van der Waals surface area contributed by atoms with E-state index in [1.807, 2.05) is 0 Å². The standard InChI is InChI=1S/C22H22ClF2N5O3S/c23-20-13(2-1-5-28-34(32)33)10-15(24)21(25)19(20)22(31)14-3-4-16-17(11-14)29-18(12-27-16)30-8-6-26-7-9-30/h3-4,10-12,26,28H,1-2,5-9H2,(H,32,33)/p-1. The lowest BCUT2D eigenvalue weighted by Gasteiger charge is -2.28. The molecule has 1 fully saturated rings. The minimum atomic E-state index is -2.43. The third-order valence-corrected chi connectivity index (χ3v) is 6.41. The maximum atomic E-state index is 14.7. The van der Waals surface area contributed by atoms with Crippen molar-refractivity contribution in [3.8, 4) is 0 Å². The second-order valence-electron chi connectivity index (χ2n) is 7.75. The molecule has 1 atom stereocenters. The molecule has 2 aromatic carbocycles. The van der Waals surface area contributed by atoms with Crippen LogP contribution < -0.4 is 14.9 Å². The largest absolute Gasteiger partial charge is 0.760 e. The molecule has 1 aromatic heterocycles. The van der Waals surface area contributed by atoms with E-state index in [0.29, 0.717) is 16.9 Å². The molecule has 0 radical (unpaired) electrons. The zero-order valence-corrected chi connectivity index (χ0v) is 19.5. The van der Waals surface area contributed by atoms with Crippen molar-refractivity contribution < 1.29 is 22.3 Å². The summed E-state index contributed by atoms with van der Waals surface area (Å²) in [4.78, 5) is 24.3. The first-order valence-corrected chi connectivity index (χ1v) is 12.1. The molecule has 0 aliphatic carbocycles. The average molecular weight is 509 g/mol. The van der Waals surface area contributed by atoms with Crippen LogP contribution in [0.1, 0.15) is 27.9 Å². The number of carbonyl (C=O) groups excluding carboxylic acids is 1. The first-order valence-electron chi connectivity index (χ1n) is 10.6. The van der Waals surface area contributed by atoms with Crippen LogP contribution in [-0.2, 0) is 17.7 Å². The Bertz CT molecular complexity index is 1260. The van der Waals surface area contributed by atoms with Gasteiger partial charge in [0.15, 0.2) is 17.4 Å². The number of aryl methyl sites for hydroxylation is 1. The third-order valence-electron chi connectivity index (χ3n) is 5.53. The summed E-state index contributed by atoms with van der Waals surface area (Å²) in [5.41, 5.74) is 0.753. The molecular formula is C22H21ClF2N5O3S-. The van der Waals surface area contributed by atoms with E-state index in [1.54, 1.807) is 12.3 Å². The quantitative estimate of drug-likeness (QED) is 0.208.